The Bertz CT molecular complexity index is 467. The van der Waals surface area contributed by atoms with Gasteiger partial charge in [0.2, 0.25) is 0 Å². The maximum atomic E-state index is 12.8. The zero-order valence-corrected chi connectivity index (χ0v) is 13.7. The third-order valence-corrected chi connectivity index (χ3v) is 4.55. The standard InChI is InChI=1S/C18H28N2O/c1-5-16-12-20(17(6-2)11-19-16)18(21)15-9-7-14(8-10-15)13(3)4/h7-10,13,16-17,19H,5-6,11-12H2,1-4H3. The molecule has 2 atom stereocenters. The van der Waals surface area contributed by atoms with Crippen molar-refractivity contribution < 1.29 is 4.79 Å². The molecule has 0 radical (unpaired) electrons. The number of benzene rings is 1. The lowest BCUT2D eigenvalue weighted by atomic mass is 10.00. The summed E-state index contributed by atoms with van der Waals surface area (Å²) in [5.74, 6) is 0.679. The first-order valence-corrected chi connectivity index (χ1v) is 8.21. The van der Waals surface area contributed by atoms with Gasteiger partial charge in [-0.05, 0) is 36.5 Å². The van der Waals surface area contributed by atoms with Crippen molar-refractivity contribution in [2.75, 3.05) is 13.1 Å². The Labute approximate surface area is 128 Å². The first-order chi connectivity index (χ1) is 10.1. The summed E-state index contributed by atoms with van der Waals surface area (Å²) in [5.41, 5.74) is 2.10. The lowest BCUT2D eigenvalue weighted by molar-refractivity contribution is 0.0576. The quantitative estimate of drug-likeness (QED) is 0.921. The summed E-state index contributed by atoms with van der Waals surface area (Å²) < 4.78 is 0. The highest BCUT2D eigenvalue weighted by Gasteiger charge is 2.29. The number of hydrogen-bond acceptors (Lipinski definition) is 2. The van der Waals surface area contributed by atoms with E-state index in [2.05, 4.69) is 50.0 Å². The number of hydrogen-bond donors (Lipinski definition) is 1. The molecule has 3 heteroatoms. The minimum Gasteiger partial charge on any atom is -0.333 e. The highest BCUT2D eigenvalue weighted by atomic mass is 16.2. The van der Waals surface area contributed by atoms with Crippen LogP contribution in [0.2, 0.25) is 0 Å². The fourth-order valence-corrected chi connectivity index (χ4v) is 2.93. The molecule has 1 aromatic rings. The first kappa shape index (κ1) is 16.0. The van der Waals surface area contributed by atoms with Crippen molar-refractivity contribution in [2.24, 2.45) is 0 Å². The van der Waals surface area contributed by atoms with Gasteiger partial charge in [-0.2, -0.15) is 0 Å². The molecular formula is C18H28N2O. The number of carbonyl (C=O) groups excluding carboxylic acids is 1. The van der Waals surface area contributed by atoms with E-state index in [9.17, 15) is 4.79 Å². The van der Waals surface area contributed by atoms with Crippen LogP contribution < -0.4 is 5.32 Å². The van der Waals surface area contributed by atoms with Gasteiger partial charge in [0, 0.05) is 30.7 Å². The van der Waals surface area contributed by atoms with Gasteiger partial charge in [-0.3, -0.25) is 4.79 Å². The predicted molar refractivity (Wildman–Crippen MR) is 87.7 cm³/mol. The Morgan fingerprint density at radius 2 is 1.90 bits per heavy atom. The van der Waals surface area contributed by atoms with E-state index in [-0.39, 0.29) is 5.91 Å². The van der Waals surface area contributed by atoms with Crippen molar-refractivity contribution in [1.82, 2.24) is 10.2 Å². The molecule has 1 aliphatic rings. The summed E-state index contributed by atoms with van der Waals surface area (Å²) in [7, 11) is 0. The molecular weight excluding hydrogens is 260 g/mol. The lowest BCUT2D eigenvalue weighted by Crippen LogP contribution is -2.57. The summed E-state index contributed by atoms with van der Waals surface area (Å²) in [6.45, 7) is 10.4. The summed E-state index contributed by atoms with van der Waals surface area (Å²) in [4.78, 5) is 14.9. The van der Waals surface area contributed by atoms with E-state index in [4.69, 9.17) is 0 Å². The monoisotopic (exact) mass is 288 g/mol. The second kappa shape index (κ2) is 7.08. The van der Waals surface area contributed by atoms with Gasteiger partial charge in [0.1, 0.15) is 0 Å². The average Bonchev–Trinajstić information content (AvgIpc) is 2.53. The Balaban J connectivity index is 2.15. The second-order valence-corrected chi connectivity index (χ2v) is 6.31. The molecule has 3 nitrogen and oxygen atoms in total. The molecule has 0 spiro atoms. The molecule has 21 heavy (non-hydrogen) atoms. The molecule has 1 N–H and O–H groups in total. The largest absolute Gasteiger partial charge is 0.333 e. The summed E-state index contributed by atoms with van der Waals surface area (Å²) in [6.07, 6.45) is 2.06. The van der Waals surface area contributed by atoms with Crippen LogP contribution in [-0.4, -0.2) is 36.0 Å². The Hall–Kier alpha value is -1.35. The van der Waals surface area contributed by atoms with Gasteiger partial charge < -0.3 is 10.2 Å². The fourth-order valence-electron chi connectivity index (χ4n) is 2.93. The van der Waals surface area contributed by atoms with Gasteiger partial charge >= 0.3 is 0 Å². The van der Waals surface area contributed by atoms with Gasteiger partial charge in [-0.25, -0.2) is 0 Å². The summed E-state index contributed by atoms with van der Waals surface area (Å²) in [5, 5.41) is 3.54. The molecule has 0 saturated carbocycles. The Kier molecular flexibility index (Phi) is 5.40. The molecule has 0 aromatic heterocycles. The van der Waals surface area contributed by atoms with Crippen LogP contribution >= 0.6 is 0 Å². The average molecular weight is 288 g/mol. The van der Waals surface area contributed by atoms with Crippen LogP contribution in [0.5, 0.6) is 0 Å². The number of nitrogens with zero attached hydrogens (tertiary/aromatic N) is 1. The van der Waals surface area contributed by atoms with Gasteiger partial charge in [-0.1, -0.05) is 39.8 Å². The molecule has 1 aliphatic heterocycles. The van der Waals surface area contributed by atoms with E-state index in [1.54, 1.807) is 0 Å². The van der Waals surface area contributed by atoms with Crippen molar-refractivity contribution >= 4 is 5.91 Å². The fraction of sp³-hybridized carbons (Fsp3) is 0.611. The Morgan fingerprint density at radius 1 is 1.24 bits per heavy atom. The van der Waals surface area contributed by atoms with Crippen LogP contribution in [0.4, 0.5) is 0 Å². The molecule has 2 unspecified atom stereocenters. The topological polar surface area (TPSA) is 32.3 Å². The minimum absolute atomic E-state index is 0.178. The summed E-state index contributed by atoms with van der Waals surface area (Å²) >= 11 is 0. The van der Waals surface area contributed by atoms with Crippen molar-refractivity contribution in [2.45, 2.75) is 58.5 Å². The zero-order chi connectivity index (χ0) is 15.4. The number of rotatable bonds is 4. The molecule has 1 amide bonds. The maximum Gasteiger partial charge on any atom is 0.254 e. The zero-order valence-electron chi connectivity index (χ0n) is 13.7. The first-order valence-electron chi connectivity index (χ1n) is 8.21. The molecule has 0 bridgehead atoms. The van der Waals surface area contributed by atoms with Gasteiger partial charge in [-0.15, -0.1) is 0 Å². The van der Waals surface area contributed by atoms with E-state index in [0.717, 1.165) is 31.5 Å². The highest BCUT2D eigenvalue weighted by Crippen LogP contribution is 2.19. The van der Waals surface area contributed by atoms with Crippen LogP contribution in [0.25, 0.3) is 0 Å². The number of carbonyl (C=O) groups is 1. The molecule has 1 saturated heterocycles. The van der Waals surface area contributed by atoms with Gasteiger partial charge in [0.05, 0.1) is 0 Å². The predicted octanol–water partition coefficient (Wildman–Crippen LogP) is 3.41. The number of piperazine rings is 1. The van der Waals surface area contributed by atoms with E-state index >= 15 is 0 Å². The Morgan fingerprint density at radius 3 is 2.43 bits per heavy atom. The van der Waals surface area contributed by atoms with Crippen LogP contribution in [0.1, 0.15) is 62.4 Å². The van der Waals surface area contributed by atoms with Gasteiger partial charge in [0.15, 0.2) is 0 Å². The van der Waals surface area contributed by atoms with E-state index in [0.29, 0.717) is 18.0 Å². The summed E-state index contributed by atoms with van der Waals surface area (Å²) in [6, 6.07) is 8.86. The van der Waals surface area contributed by atoms with Crippen LogP contribution in [-0.2, 0) is 0 Å². The lowest BCUT2D eigenvalue weighted by Gasteiger charge is -2.40. The van der Waals surface area contributed by atoms with Crippen LogP contribution in [0.3, 0.4) is 0 Å². The normalized spacial score (nSPS) is 22.6. The molecule has 0 aliphatic carbocycles. The van der Waals surface area contributed by atoms with Crippen molar-refractivity contribution in [1.29, 1.82) is 0 Å². The third kappa shape index (κ3) is 3.65. The maximum absolute atomic E-state index is 12.8. The van der Waals surface area contributed by atoms with Crippen molar-refractivity contribution in [3.05, 3.63) is 35.4 Å². The van der Waals surface area contributed by atoms with Crippen molar-refractivity contribution in [3.8, 4) is 0 Å². The van der Waals surface area contributed by atoms with E-state index in [1.165, 1.54) is 5.56 Å². The van der Waals surface area contributed by atoms with Crippen LogP contribution in [0.15, 0.2) is 24.3 Å². The number of amides is 1. The second-order valence-electron chi connectivity index (χ2n) is 6.31. The molecule has 1 fully saturated rings. The van der Waals surface area contributed by atoms with Gasteiger partial charge in [0.25, 0.3) is 5.91 Å². The van der Waals surface area contributed by atoms with Crippen molar-refractivity contribution in [3.63, 3.8) is 0 Å². The molecule has 2 rings (SSSR count). The minimum atomic E-state index is 0.178. The third-order valence-electron chi connectivity index (χ3n) is 4.55. The number of nitrogens with one attached hydrogen (secondary N) is 1. The van der Waals surface area contributed by atoms with E-state index in [1.807, 2.05) is 12.1 Å². The molecule has 116 valence electrons. The van der Waals surface area contributed by atoms with Crippen LogP contribution in [0, 0.1) is 0 Å². The highest BCUT2D eigenvalue weighted by molar-refractivity contribution is 5.94. The molecule has 1 aromatic carbocycles. The smallest absolute Gasteiger partial charge is 0.254 e. The SMILES string of the molecule is CCC1CN(C(=O)c2ccc(C(C)C)cc2)C(CC)CN1. The molecule has 1 heterocycles. The van der Waals surface area contributed by atoms with E-state index < -0.39 is 0 Å².